The van der Waals surface area contributed by atoms with E-state index in [1.54, 1.807) is 36.4 Å². The normalized spacial score (nSPS) is 14.3. The number of nitrogens with two attached hydrogens (primary N) is 1. The largest absolute Gasteiger partial charge is 0.369 e. The number of rotatable bonds is 9. The lowest BCUT2D eigenvalue weighted by Crippen LogP contribution is -2.26. The molecule has 1 atom stereocenters. The van der Waals surface area contributed by atoms with Gasteiger partial charge in [0.25, 0.3) is 0 Å². The van der Waals surface area contributed by atoms with Crippen molar-refractivity contribution in [1.82, 2.24) is 9.71 Å². The number of ketones is 1. The summed E-state index contributed by atoms with van der Waals surface area (Å²) in [5.74, 6) is -1.79. The molecule has 1 heterocycles. The third-order valence-electron chi connectivity index (χ3n) is 5.89. The minimum atomic E-state index is -3.63. The molecule has 0 aliphatic heterocycles. The maximum absolute atomic E-state index is 13.4. The Hall–Kier alpha value is -3.66. The molecule has 0 saturated heterocycles. The highest BCUT2D eigenvalue weighted by molar-refractivity contribution is 7.89. The van der Waals surface area contributed by atoms with E-state index >= 15 is 0 Å². The van der Waals surface area contributed by atoms with Crippen LogP contribution < -0.4 is 10.5 Å². The molecule has 0 bridgehead atoms. The van der Waals surface area contributed by atoms with Gasteiger partial charge >= 0.3 is 0 Å². The number of carbonyl (C=O) groups excluding carboxylic acids is 2. The molecule has 36 heavy (non-hydrogen) atoms. The summed E-state index contributed by atoms with van der Waals surface area (Å²) in [7, 11) is -3.63. The van der Waals surface area contributed by atoms with Crippen molar-refractivity contribution in [2.75, 3.05) is 0 Å². The molecule has 3 aromatic carbocycles. The molecule has 0 radical (unpaired) electrons. The van der Waals surface area contributed by atoms with Gasteiger partial charge in [-0.1, -0.05) is 72.8 Å². The summed E-state index contributed by atoms with van der Waals surface area (Å²) >= 11 is 1.12. The summed E-state index contributed by atoms with van der Waals surface area (Å²) < 4.78 is 27.7. The fourth-order valence-electron chi connectivity index (χ4n) is 3.88. The van der Waals surface area contributed by atoms with Gasteiger partial charge in [-0.25, -0.2) is 18.1 Å². The fraction of sp³-hybridized carbons (Fsp3) is 0.148. The summed E-state index contributed by atoms with van der Waals surface area (Å²) in [6.07, 6.45) is 1.66. The summed E-state index contributed by atoms with van der Waals surface area (Å²) in [5.41, 5.74) is 8.03. The monoisotopic (exact) mass is 517 g/mol. The summed E-state index contributed by atoms with van der Waals surface area (Å²) in [4.78, 5) is 31.2. The summed E-state index contributed by atoms with van der Waals surface area (Å²) in [6.45, 7) is 0. The van der Waals surface area contributed by atoms with E-state index in [9.17, 15) is 18.0 Å². The highest BCUT2D eigenvalue weighted by Crippen LogP contribution is 2.36. The highest BCUT2D eigenvalue weighted by Gasteiger charge is 2.30. The van der Waals surface area contributed by atoms with E-state index in [1.165, 1.54) is 12.1 Å². The average Bonchev–Trinajstić information content (AvgIpc) is 3.59. The second-order valence-corrected chi connectivity index (χ2v) is 11.3. The molecule has 182 valence electrons. The number of nitrogens with zero attached hydrogens (tertiary/aromatic N) is 1. The SMILES string of the molecule is NC(=O)C(c1ccc(S(=O)(=O)NC2CC2)cc1)c1nc(-c2ccccc2)c(C(=O)c2ccccc2)s1. The third-order valence-corrected chi connectivity index (χ3v) is 8.54. The predicted octanol–water partition coefficient (Wildman–Crippen LogP) is 4.10. The van der Waals surface area contributed by atoms with Gasteiger partial charge in [-0.15, -0.1) is 11.3 Å². The topological polar surface area (TPSA) is 119 Å². The van der Waals surface area contributed by atoms with Crippen LogP contribution in [0.25, 0.3) is 11.3 Å². The van der Waals surface area contributed by atoms with Crippen molar-refractivity contribution in [2.24, 2.45) is 5.73 Å². The van der Waals surface area contributed by atoms with Crippen molar-refractivity contribution in [3.05, 3.63) is 106 Å². The van der Waals surface area contributed by atoms with Gasteiger partial charge in [-0.05, 0) is 30.5 Å². The van der Waals surface area contributed by atoms with E-state index in [0.29, 0.717) is 26.7 Å². The van der Waals surface area contributed by atoms with Crippen LogP contribution in [0.3, 0.4) is 0 Å². The first-order valence-corrected chi connectivity index (χ1v) is 13.7. The second-order valence-electron chi connectivity index (χ2n) is 8.59. The number of sulfonamides is 1. The molecule has 1 aromatic heterocycles. The quantitative estimate of drug-likeness (QED) is 0.324. The number of aromatic nitrogens is 1. The van der Waals surface area contributed by atoms with Crippen LogP contribution in [0.4, 0.5) is 0 Å². The van der Waals surface area contributed by atoms with Gasteiger partial charge in [0.15, 0.2) is 0 Å². The summed E-state index contributed by atoms with van der Waals surface area (Å²) in [6, 6.07) is 24.2. The number of benzene rings is 3. The number of nitrogens with one attached hydrogen (secondary N) is 1. The predicted molar refractivity (Wildman–Crippen MR) is 138 cm³/mol. The zero-order valence-electron chi connectivity index (χ0n) is 19.1. The van der Waals surface area contributed by atoms with Gasteiger partial charge < -0.3 is 5.73 Å². The number of primary amides is 1. The van der Waals surface area contributed by atoms with E-state index < -0.39 is 21.8 Å². The van der Waals surface area contributed by atoms with Gasteiger partial charge in [0.1, 0.15) is 15.8 Å². The molecule has 1 amide bonds. The first-order valence-electron chi connectivity index (χ1n) is 11.4. The van der Waals surface area contributed by atoms with Gasteiger partial charge in [-0.2, -0.15) is 0 Å². The number of carbonyl (C=O) groups is 2. The third kappa shape index (κ3) is 4.99. The zero-order chi connectivity index (χ0) is 25.3. The maximum Gasteiger partial charge on any atom is 0.240 e. The Morgan fingerprint density at radius 3 is 2.11 bits per heavy atom. The van der Waals surface area contributed by atoms with Crippen LogP contribution in [0.5, 0.6) is 0 Å². The maximum atomic E-state index is 13.4. The highest BCUT2D eigenvalue weighted by atomic mass is 32.2. The minimum Gasteiger partial charge on any atom is -0.369 e. The molecule has 1 fully saturated rings. The molecule has 4 aromatic rings. The number of thiazole rings is 1. The van der Waals surface area contributed by atoms with Crippen LogP contribution in [0.15, 0.2) is 89.8 Å². The van der Waals surface area contributed by atoms with Crippen molar-refractivity contribution in [3.8, 4) is 11.3 Å². The van der Waals surface area contributed by atoms with E-state index in [-0.39, 0.29) is 16.7 Å². The lowest BCUT2D eigenvalue weighted by atomic mass is 9.99. The van der Waals surface area contributed by atoms with E-state index in [4.69, 9.17) is 10.7 Å². The number of hydrogen-bond donors (Lipinski definition) is 2. The van der Waals surface area contributed by atoms with Crippen molar-refractivity contribution < 1.29 is 18.0 Å². The molecule has 9 heteroatoms. The van der Waals surface area contributed by atoms with Crippen LogP contribution in [0.2, 0.25) is 0 Å². The van der Waals surface area contributed by atoms with Crippen LogP contribution >= 0.6 is 11.3 Å². The van der Waals surface area contributed by atoms with Crippen molar-refractivity contribution >= 4 is 33.1 Å². The minimum absolute atomic E-state index is 0.0136. The molecule has 1 aliphatic carbocycles. The lowest BCUT2D eigenvalue weighted by molar-refractivity contribution is -0.118. The number of hydrogen-bond acceptors (Lipinski definition) is 6. The average molecular weight is 518 g/mol. The molecule has 1 aliphatic rings. The number of amides is 1. The van der Waals surface area contributed by atoms with Crippen molar-refractivity contribution in [2.45, 2.75) is 29.7 Å². The van der Waals surface area contributed by atoms with E-state index in [2.05, 4.69) is 4.72 Å². The zero-order valence-corrected chi connectivity index (χ0v) is 20.8. The summed E-state index contributed by atoms with van der Waals surface area (Å²) in [5, 5.41) is 0.368. The Labute approximate surface area is 213 Å². The Morgan fingerprint density at radius 1 is 0.917 bits per heavy atom. The van der Waals surface area contributed by atoms with E-state index in [1.807, 2.05) is 36.4 Å². The van der Waals surface area contributed by atoms with Gasteiger partial charge in [0.05, 0.1) is 10.6 Å². The molecule has 5 rings (SSSR count). The Bertz CT molecular complexity index is 1510. The standard InChI is InChI=1S/C27H23N3O4S2/c28-26(32)22(17-11-15-21(16-12-17)36(33,34)30-20-13-14-20)27-29-23(18-7-3-1-4-8-18)25(35-27)24(31)19-9-5-2-6-10-19/h1-12,15-16,20,22,30H,13-14H2,(H2,28,32). The molecule has 3 N–H and O–H groups in total. The molecule has 0 spiro atoms. The first-order chi connectivity index (χ1) is 17.3. The Balaban J connectivity index is 1.55. The lowest BCUT2D eigenvalue weighted by Gasteiger charge is -2.12. The molecule has 1 unspecified atom stereocenters. The van der Waals surface area contributed by atoms with Gasteiger partial charge in [-0.3, -0.25) is 9.59 Å². The van der Waals surface area contributed by atoms with Gasteiger partial charge in [0, 0.05) is 17.2 Å². The first kappa shape index (κ1) is 24.1. The fourth-order valence-corrected chi connectivity index (χ4v) is 6.37. The van der Waals surface area contributed by atoms with Crippen LogP contribution in [0, 0.1) is 0 Å². The van der Waals surface area contributed by atoms with Crippen molar-refractivity contribution in [1.29, 1.82) is 0 Å². The molecule has 7 nitrogen and oxygen atoms in total. The van der Waals surface area contributed by atoms with Crippen LogP contribution in [-0.4, -0.2) is 31.1 Å². The second kappa shape index (κ2) is 9.77. The smallest absolute Gasteiger partial charge is 0.240 e. The Kier molecular flexibility index (Phi) is 6.53. The molecule has 1 saturated carbocycles. The van der Waals surface area contributed by atoms with Gasteiger partial charge in [0.2, 0.25) is 21.7 Å². The Morgan fingerprint density at radius 2 is 1.53 bits per heavy atom. The van der Waals surface area contributed by atoms with Crippen LogP contribution in [0.1, 0.15) is 44.6 Å². The molecular weight excluding hydrogens is 494 g/mol. The molecular formula is C27H23N3O4S2. The van der Waals surface area contributed by atoms with Crippen LogP contribution in [-0.2, 0) is 14.8 Å². The van der Waals surface area contributed by atoms with E-state index in [0.717, 1.165) is 29.7 Å². The van der Waals surface area contributed by atoms with Crippen molar-refractivity contribution in [3.63, 3.8) is 0 Å².